The number of hydrogen-bond donors (Lipinski definition) is 1. The van der Waals surface area contributed by atoms with Crippen molar-refractivity contribution in [1.82, 2.24) is 4.90 Å². The Morgan fingerprint density at radius 1 is 1.21 bits per heavy atom. The second kappa shape index (κ2) is 5.66. The summed E-state index contributed by atoms with van der Waals surface area (Å²) in [5, 5.41) is 9.95. The number of ether oxygens (including phenoxy) is 2. The van der Waals surface area contributed by atoms with Crippen molar-refractivity contribution in [1.29, 1.82) is 0 Å². The highest BCUT2D eigenvalue weighted by atomic mass is 16.5. The third-order valence-corrected chi connectivity index (χ3v) is 6.26. The number of amides is 1. The topological polar surface area (TPSA) is 59.0 Å². The number of carbonyl (C=O) groups is 1. The van der Waals surface area contributed by atoms with Gasteiger partial charge < -0.3 is 19.5 Å². The van der Waals surface area contributed by atoms with Crippen LogP contribution in [0.15, 0.2) is 12.1 Å². The molecule has 130 valence electrons. The Hall–Kier alpha value is -1.75. The van der Waals surface area contributed by atoms with E-state index < -0.39 is 0 Å². The summed E-state index contributed by atoms with van der Waals surface area (Å²) in [6.45, 7) is 0.00793. The summed E-state index contributed by atoms with van der Waals surface area (Å²) in [5.41, 5.74) is 2.13. The van der Waals surface area contributed by atoms with Crippen molar-refractivity contribution in [2.75, 3.05) is 20.8 Å². The molecule has 24 heavy (non-hydrogen) atoms. The number of hydrogen-bond acceptors (Lipinski definition) is 4. The van der Waals surface area contributed by atoms with Crippen molar-refractivity contribution in [2.45, 2.75) is 50.1 Å². The highest BCUT2D eigenvalue weighted by Gasteiger charge is 2.59. The summed E-state index contributed by atoms with van der Waals surface area (Å²) < 4.78 is 11.0. The molecule has 2 heterocycles. The molecule has 0 radical (unpaired) electrons. The zero-order chi connectivity index (χ0) is 16.9. The fourth-order valence-corrected chi connectivity index (χ4v) is 5.35. The maximum atomic E-state index is 12.8. The van der Waals surface area contributed by atoms with E-state index in [1.807, 2.05) is 11.0 Å². The fourth-order valence-electron chi connectivity index (χ4n) is 5.35. The molecule has 5 nitrogen and oxygen atoms in total. The van der Waals surface area contributed by atoms with E-state index in [0.29, 0.717) is 18.8 Å². The maximum Gasteiger partial charge on any atom is 0.224 e. The number of nitrogens with zero attached hydrogens (tertiary/aromatic N) is 1. The van der Waals surface area contributed by atoms with Gasteiger partial charge in [-0.1, -0.05) is 12.8 Å². The first kappa shape index (κ1) is 15.8. The molecule has 1 saturated carbocycles. The van der Waals surface area contributed by atoms with Crippen LogP contribution in [0.4, 0.5) is 0 Å². The summed E-state index contributed by atoms with van der Waals surface area (Å²) in [6.07, 6.45) is 5.62. The first-order chi connectivity index (χ1) is 11.7. The van der Waals surface area contributed by atoms with Gasteiger partial charge in [0.1, 0.15) is 0 Å². The van der Waals surface area contributed by atoms with Gasteiger partial charge in [-0.05, 0) is 48.4 Å². The van der Waals surface area contributed by atoms with Crippen LogP contribution in [0.3, 0.4) is 0 Å². The number of aliphatic hydroxyl groups excluding tert-OH is 1. The van der Waals surface area contributed by atoms with Crippen molar-refractivity contribution in [3.8, 4) is 11.5 Å². The van der Waals surface area contributed by atoms with E-state index in [2.05, 4.69) is 6.07 Å². The van der Waals surface area contributed by atoms with Crippen LogP contribution in [-0.2, 0) is 16.8 Å². The first-order valence-corrected chi connectivity index (χ1v) is 8.84. The van der Waals surface area contributed by atoms with Gasteiger partial charge in [-0.2, -0.15) is 0 Å². The van der Waals surface area contributed by atoms with Crippen molar-refractivity contribution < 1.29 is 19.4 Å². The summed E-state index contributed by atoms with van der Waals surface area (Å²) in [6, 6.07) is 3.98. The number of methoxy groups -OCH3 is 2. The molecule has 1 aromatic carbocycles. The molecule has 2 fully saturated rings. The van der Waals surface area contributed by atoms with Crippen molar-refractivity contribution >= 4 is 5.91 Å². The molecule has 1 spiro atoms. The smallest absolute Gasteiger partial charge is 0.224 e. The largest absolute Gasteiger partial charge is 0.493 e. The molecule has 3 aliphatic rings. The zero-order valence-electron chi connectivity index (χ0n) is 14.4. The monoisotopic (exact) mass is 331 g/mol. The number of rotatable bonds is 3. The standard InChI is InChI=1S/C19H25NO4/c1-23-16-8-12-7-14(11-21)20-18(22)9-13-5-3-4-6-19(13,20)15(12)10-17(16)24-2/h8,10,13-14,21H,3-7,9,11H2,1-2H3/t13-,14-,19-/m0/s1. The lowest BCUT2D eigenvalue weighted by molar-refractivity contribution is -0.137. The molecule has 1 amide bonds. The highest BCUT2D eigenvalue weighted by Crippen LogP contribution is 2.57. The van der Waals surface area contributed by atoms with Crippen LogP contribution in [-0.4, -0.2) is 42.8 Å². The number of benzene rings is 1. The number of carbonyl (C=O) groups excluding carboxylic acids is 1. The lowest BCUT2D eigenvalue weighted by Crippen LogP contribution is -2.57. The van der Waals surface area contributed by atoms with E-state index in [4.69, 9.17) is 9.47 Å². The Balaban J connectivity index is 1.94. The predicted octanol–water partition coefficient (Wildman–Crippen LogP) is 2.24. The van der Waals surface area contributed by atoms with Gasteiger partial charge in [-0.25, -0.2) is 0 Å². The van der Waals surface area contributed by atoms with Crippen LogP contribution in [0.2, 0.25) is 0 Å². The second-order valence-electron chi connectivity index (χ2n) is 7.24. The maximum absolute atomic E-state index is 12.8. The van der Waals surface area contributed by atoms with E-state index in [1.54, 1.807) is 14.2 Å². The van der Waals surface area contributed by atoms with E-state index in [1.165, 1.54) is 17.5 Å². The molecule has 4 rings (SSSR count). The Morgan fingerprint density at radius 2 is 1.96 bits per heavy atom. The van der Waals surface area contributed by atoms with Gasteiger partial charge in [0.25, 0.3) is 0 Å². The summed E-state index contributed by atoms with van der Waals surface area (Å²) >= 11 is 0. The molecule has 1 aliphatic carbocycles. The Bertz CT molecular complexity index is 674. The average Bonchev–Trinajstić information content (AvgIpc) is 2.93. The van der Waals surface area contributed by atoms with Crippen LogP contribution in [0, 0.1) is 5.92 Å². The quantitative estimate of drug-likeness (QED) is 0.923. The summed E-state index contributed by atoms with van der Waals surface area (Å²) in [7, 11) is 3.29. The molecule has 0 bridgehead atoms. The first-order valence-electron chi connectivity index (χ1n) is 8.84. The van der Waals surface area contributed by atoms with Gasteiger partial charge in [0.05, 0.1) is 32.4 Å². The van der Waals surface area contributed by atoms with E-state index in [9.17, 15) is 9.90 Å². The van der Waals surface area contributed by atoms with Crippen molar-refractivity contribution in [2.24, 2.45) is 5.92 Å². The summed E-state index contributed by atoms with van der Waals surface area (Å²) in [4.78, 5) is 14.8. The Labute approximate surface area is 142 Å². The Morgan fingerprint density at radius 3 is 2.67 bits per heavy atom. The van der Waals surface area contributed by atoms with Gasteiger partial charge >= 0.3 is 0 Å². The number of aliphatic hydroxyl groups is 1. The SMILES string of the molecule is COc1cc2c(cc1OC)[C@]13CCCC[C@H]1CC(=O)N3[C@H](CO)C2. The number of fused-ring (bicyclic) bond motifs is 1. The van der Waals surface area contributed by atoms with E-state index in [0.717, 1.165) is 30.8 Å². The minimum Gasteiger partial charge on any atom is -0.493 e. The highest BCUT2D eigenvalue weighted by molar-refractivity contribution is 5.82. The Kier molecular flexibility index (Phi) is 3.71. The normalized spacial score (nSPS) is 31.3. The molecule has 1 N–H and O–H groups in total. The molecular formula is C19H25NO4. The predicted molar refractivity (Wildman–Crippen MR) is 89.2 cm³/mol. The van der Waals surface area contributed by atoms with Crippen LogP contribution >= 0.6 is 0 Å². The van der Waals surface area contributed by atoms with Crippen molar-refractivity contribution in [3.63, 3.8) is 0 Å². The second-order valence-corrected chi connectivity index (χ2v) is 7.24. The molecule has 0 unspecified atom stereocenters. The average molecular weight is 331 g/mol. The minimum atomic E-state index is -0.268. The molecule has 1 saturated heterocycles. The van der Waals surface area contributed by atoms with Gasteiger partial charge in [-0.3, -0.25) is 4.79 Å². The van der Waals surface area contributed by atoms with Gasteiger partial charge in [0.2, 0.25) is 5.91 Å². The summed E-state index contributed by atoms with van der Waals surface area (Å²) in [5.74, 6) is 1.97. The third-order valence-electron chi connectivity index (χ3n) is 6.26. The molecule has 3 atom stereocenters. The van der Waals surface area contributed by atoms with Crippen LogP contribution in [0.5, 0.6) is 11.5 Å². The lowest BCUT2D eigenvalue weighted by atomic mass is 9.65. The van der Waals surface area contributed by atoms with Crippen LogP contribution < -0.4 is 9.47 Å². The molecule has 5 heteroatoms. The van der Waals surface area contributed by atoms with E-state index in [-0.39, 0.29) is 24.1 Å². The van der Waals surface area contributed by atoms with Gasteiger partial charge in [0, 0.05) is 6.42 Å². The van der Waals surface area contributed by atoms with Gasteiger partial charge in [0.15, 0.2) is 11.5 Å². The van der Waals surface area contributed by atoms with E-state index >= 15 is 0 Å². The molecular weight excluding hydrogens is 306 g/mol. The minimum absolute atomic E-state index is 0.00793. The lowest BCUT2D eigenvalue weighted by Gasteiger charge is -2.52. The molecule has 0 aromatic heterocycles. The fraction of sp³-hybridized carbons (Fsp3) is 0.632. The third kappa shape index (κ3) is 1.94. The molecule has 2 aliphatic heterocycles. The van der Waals surface area contributed by atoms with Crippen LogP contribution in [0.25, 0.3) is 0 Å². The van der Waals surface area contributed by atoms with Gasteiger partial charge in [-0.15, -0.1) is 0 Å². The van der Waals surface area contributed by atoms with Crippen molar-refractivity contribution in [3.05, 3.63) is 23.3 Å². The van der Waals surface area contributed by atoms with Crippen LogP contribution in [0.1, 0.15) is 43.2 Å². The molecule has 1 aromatic rings. The zero-order valence-corrected chi connectivity index (χ0v) is 14.4.